The summed E-state index contributed by atoms with van der Waals surface area (Å²) >= 11 is 5.26. The molecule has 1 amide bonds. The van der Waals surface area contributed by atoms with Crippen LogP contribution in [0.3, 0.4) is 0 Å². The van der Waals surface area contributed by atoms with Gasteiger partial charge in [0.15, 0.2) is 12.0 Å². The number of carbonyl (C=O) groups is 2. The van der Waals surface area contributed by atoms with Crippen molar-refractivity contribution in [3.8, 4) is 11.5 Å². The van der Waals surface area contributed by atoms with Crippen LogP contribution in [0.4, 0.5) is 11.4 Å². The number of halogens is 1. The Morgan fingerprint density at radius 2 is 1.90 bits per heavy atom. The molecule has 0 unspecified atom stereocenters. The number of benzene rings is 2. The summed E-state index contributed by atoms with van der Waals surface area (Å²) in [6, 6.07) is 8.24. The number of aromatic hydroxyl groups is 2. The Morgan fingerprint density at radius 3 is 2.43 bits per heavy atom. The fourth-order valence-corrected chi connectivity index (χ4v) is 2.50. The maximum absolute atomic E-state index is 10.9. The predicted molar refractivity (Wildman–Crippen MR) is 107 cm³/mol. The van der Waals surface area contributed by atoms with Gasteiger partial charge in [0.2, 0.25) is 5.91 Å². The molecule has 1 aliphatic heterocycles. The number of nitro benzene ring substituents is 1. The first-order valence-electron chi connectivity index (χ1n) is 8.70. The zero-order valence-corrected chi connectivity index (χ0v) is 16.4. The molecule has 0 radical (unpaired) electrons. The highest BCUT2D eigenvalue weighted by atomic mass is 35.5. The Kier molecular flexibility index (Phi) is 8.54. The summed E-state index contributed by atoms with van der Waals surface area (Å²) in [5.41, 5.74) is 0.843. The number of aldehydes is 1. The summed E-state index contributed by atoms with van der Waals surface area (Å²) in [6.45, 7) is 1.17. The summed E-state index contributed by atoms with van der Waals surface area (Å²) in [6.07, 6.45) is 0.892. The molecule has 11 heteroatoms. The van der Waals surface area contributed by atoms with Gasteiger partial charge in [-0.1, -0.05) is 0 Å². The molecule has 2 aromatic carbocycles. The number of rotatable bonds is 5. The first kappa shape index (κ1) is 23.1. The van der Waals surface area contributed by atoms with Crippen LogP contribution >= 0.6 is 11.6 Å². The van der Waals surface area contributed by atoms with E-state index in [1.807, 2.05) is 0 Å². The summed E-state index contributed by atoms with van der Waals surface area (Å²) in [5.74, 6) is -1.14. The van der Waals surface area contributed by atoms with Gasteiger partial charge in [-0.15, -0.1) is 11.6 Å². The Labute approximate surface area is 176 Å². The minimum atomic E-state index is -0.637. The van der Waals surface area contributed by atoms with Gasteiger partial charge in [-0.25, -0.2) is 0 Å². The SMILES string of the molecule is O=Cc1ccc(NC(=O)CCl)c(O)c1.O=[N+]([O-])c1ccc(C2OCCCO2)cc1O. The number of hydrogen-bond acceptors (Lipinski definition) is 8. The number of alkyl halides is 1. The third kappa shape index (κ3) is 6.41. The average Bonchev–Trinajstić information content (AvgIpc) is 2.75. The van der Waals surface area contributed by atoms with Gasteiger partial charge in [0.25, 0.3) is 0 Å². The van der Waals surface area contributed by atoms with Crippen molar-refractivity contribution in [2.75, 3.05) is 24.4 Å². The fraction of sp³-hybridized carbons (Fsp3) is 0.263. The number of carbonyl (C=O) groups excluding carboxylic acids is 2. The van der Waals surface area contributed by atoms with Crippen molar-refractivity contribution in [3.63, 3.8) is 0 Å². The molecule has 0 aliphatic carbocycles. The molecule has 160 valence electrons. The molecule has 3 rings (SSSR count). The molecule has 2 aromatic rings. The lowest BCUT2D eigenvalue weighted by Gasteiger charge is -2.23. The quantitative estimate of drug-likeness (QED) is 0.212. The van der Waals surface area contributed by atoms with Crippen LogP contribution in [0.2, 0.25) is 0 Å². The summed E-state index contributed by atoms with van der Waals surface area (Å²) in [7, 11) is 0. The third-order valence-corrected chi connectivity index (χ3v) is 4.09. The van der Waals surface area contributed by atoms with E-state index in [-0.39, 0.29) is 28.8 Å². The lowest BCUT2D eigenvalue weighted by Crippen LogP contribution is -2.17. The summed E-state index contributed by atoms with van der Waals surface area (Å²) in [5, 5.41) is 31.7. The van der Waals surface area contributed by atoms with Gasteiger partial charge >= 0.3 is 5.69 Å². The molecule has 1 heterocycles. The van der Waals surface area contributed by atoms with Crippen LogP contribution in [0.5, 0.6) is 11.5 Å². The van der Waals surface area contributed by atoms with Crippen molar-refractivity contribution in [2.24, 2.45) is 0 Å². The van der Waals surface area contributed by atoms with Gasteiger partial charge in [0.1, 0.15) is 17.9 Å². The molecule has 30 heavy (non-hydrogen) atoms. The molecule has 10 nitrogen and oxygen atoms in total. The van der Waals surface area contributed by atoms with E-state index in [0.29, 0.717) is 30.6 Å². The number of phenolic OH excluding ortho intramolecular Hbond substituents is 2. The van der Waals surface area contributed by atoms with E-state index in [4.69, 9.17) is 21.1 Å². The van der Waals surface area contributed by atoms with Gasteiger partial charge in [0, 0.05) is 17.2 Å². The van der Waals surface area contributed by atoms with Gasteiger partial charge < -0.3 is 25.0 Å². The molecular formula is C19H19ClN2O8. The van der Waals surface area contributed by atoms with Crippen molar-refractivity contribution in [2.45, 2.75) is 12.7 Å². The van der Waals surface area contributed by atoms with E-state index in [1.54, 1.807) is 0 Å². The molecule has 0 atom stereocenters. The van der Waals surface area contributed by atoms with Crippen LogP contribution < -0.4 is 5.32 Å². The average molecular weight is 439 g/mol. The third-order valence-electron chi connectivity index (χ3n) is 3.85. The molecule has 0 saturated carbocycles. The van der Waals surface area contributed by atoms with Crippen LogP contribution in [0.15, 0.2) is 36.4 Å². The molecule has 0 spiro atoms. The monoisotopic (exact) mass is 438 g/mol. The van der Waals surface area contributed by atoms with E-state index in [0.717, 1.165) is 6.42 Å². The number of nitrogens with one attached hydrogen (secondary N) is 1. The fourth-order valence-electron chi connectivity index (χ4n) is 2.43. The van der Waals surface area contributed by atoms with Gasteiger partial charge in [-0.05, 0) is 36.8 Å². The van der Waals surface area contributed by atoms with Crippen LogP contribution in [-0.4, -0.2) is 46.4 Å². The number of ether oxygens (including phenoxy) is 2. The normalized spacial score (nSPS) is 13.6. The number of phenols is 2. The van der Waals surface area contributed by atoms with Crippen molar-refractivity contribution in [3.05, 3.63) is 57.6 Å². The van der Waals surface area contributed by atoms with Crippen LogP contribution in [0.25, 0.3) is 0 Å². The second-order valence-electron chi connectivity index (χ2n) is 6.01. The van der Waals surface area contributed by atoms with Crippen LogP contribution in [0, 0.1) is 10.1 Å². The maximum atomic E-state index is 10.9. The van der Waals surface area contributed by atoms with Crippen molar-refractivity contribution >= 4 is 35.2 Å². The highest BCUT2D eigenvalue weighted by Gasteiger charge is 2.20. The smallest absolute Gasteiger partial charge is 0.310 e. The first-order chi connectivity index (χ1) is 14.3. The lowest BCUT2D eigenvalue weighted by molar-refractivity contribution is -0.385. The Balaban J connectivity index is 0.000000216. The summed E-state index contributed by atoms with van der Waals surface area (Å²) in [4.78, 5) is 31.0. The van der Waals surface area contributed by atoms with Gasteiger partial charge in [-0.2, -0.15) is 0 Å². The highest BCUT2D eigenvalue weighted by molar-refractivity contribution is 6.29. The second-order valence-corrected chi connectivity index (χ2v) is 6.28. The van der Waals surface area contributed by atoms with Crippen molar-refractivity contribution < 1.29 is 34.2 Å². The minimum Gasteiger partial charge on any atom is -0.506 e. The Morgan fingerprint density at radius 1 is 1.20 bits per heavy atom. The Hall–Kier alpha value is -3.21. The Bertz CT molecular complexity index is 915. The van der Waals surface area contributed by atoms with Gasteiger partial charge in [-0.3, -0.25) is 19.7 Å². The molecule has 0 bridgehead atoms. The van der Waals surface area contributed by atoms with Gasteiger partial charge in [0.05, 0.1) is 23.8 Å². The molecule has 1 fully saturated rings. The predicted octanol–water partition coefficient (Wildman–Crippen LogP) is 3.12. The number of anilines is 1. The molecule has 1 aliphatic rings. The van der Waals surface area contributed by atoms with E-state index in [2.05, 4.69) is 5.32 Å². The lowest BCUT2D eigenvalue weighted by atomic mass is 10.1. The number of amides is 1. The first-order valence-corrected chi connectivity index (χ1v) is 9.23. The number of hydrogen-bond donors (Lipinski definition) is 3. The summed E-state index contributed by atoms with van der Waals surface area (Å²) < 4.78 is 10.6. The highest BCUT2D eigenvalue weighted by Crippen LogP contribution is 2.31. The second kappa shape index (κ2) is 11.1. The standard InChI is InChI=1S/C10H11NO5.C9H8ClNO3/c12-9-6-7(2-3-8(9)11(13)14)10-15-4-1-5-16-10;10-4-9(14)11-7-2-1-6(5-12)3-8(7)13/h2-3,6,10,12H,1,4-5H2;1-3,5,13H,4H2,(H,11,14). The molecular weight excluding hydrogens is 420 g/mol. The topological polar surface area (TPSA) is 148 Å². The molecule has 0 aromatic heterocycles. The van der Waals surface area contributed by atoms with Crippen molar-refractivity contribution in [1.29, 1.82) is 0 Å². The minimum absolute atomic E-state index is 0.159. The number of nitrogens with zero attached hydrogens (tertiary/aromatic N) is 1. The molecule has 1 saturated heterocycles. The largest absolute Gasteiger partial charge is 0.506 e. The zero-order chi connectivity index (χ0) is 22.1. The van der Waals surface area contributed by atoms with E-state index in [9.17, 15) is 29.9 Å². The van der Waals surface area contributed by atoms with Crippen LogP contribution in [0.1, 0.15) is 28.6 Å². The zero-order valence-electron chi connectivity index (χ0n) is 15.6. The van der Waals surface area contributed by atoms with Crippen molar-refractivity contribution in [1.82, 2.24) is 0 Å². The number of nitro groups is 1. The maximum Gasteiger partial charge on any atom is 0.310 e. The van der Waals surface area contributed by atoms with E-state index < -0.39 is 17.1 Å². The van der Waals surface area contributed by atoms with E-state index >= 15 is 0 Å². The molecule has 3 N–H and O–H groups in total. The van der Waals surface area contributed by atoms with E-state index in [1.165, 1.54) is 36.4 Å². The van der Waals surface area contributed by atoms with Crippen LogP contribution in [-0.2, 0) is 14.3 Å².